The highest BCUT2D eigenvalue weighted by molar-refractivity contribution is 5.76. The van der Waals surface area contributed by atoms with E-state index in [1.54, 1.807) is 0 Å². The van der Waals surface area contributed by atoms with Gasteiger partial charge in [0.1, 0.15) is 5.82 Å². The van der Waals surface area contributed by atoms with E-state index < -0.39 is 0 Å². The minimum Gasteiger partial charge on any atom is -0.375 e. The smallest absolute Gasteiger partial charge is 0.131 e. The zero-order valence-electron chi connectivity index (χ0n) is 12.8. The Bertz CT molecular complexity index is 758. The Hall–Kier alpha value is -2.29. The van der Waals surface area contributed by atoms with Crippen molar-refractivity contribution in [3.63, 3.8) is 0 Å². The van der Waals surface area contributed by atoms with Gasteiger partial charge in [-0.15, -0.1) is 0 Å². The van der Waals surface area contributed by atoms with Gasteiger partial charge in [-0.1, -0.05) is 31.2 Å². The van der Waals surface area contributed by atoms with Crippen molar-refractivity contribution < 1.29 is 0 Å². The van der Waals surface area contributed by atoms with Crippen molar-refractivity contribution in [1.82, 2.24) is 9.55 Å². The Morgan fingerprint density at radius 3 is 2.71 bits per heavy atom. The molecular formula is C18H21N3. The molecule has 3 aromatic rings. The predicted molar refractivity (Wildman–Crippen MR) is 88.6 cm³/mol. The van der Waals surface area contributed by atoms with E-state index in [0.29, 0.717) is 0 Å². The zero-order valence-corrected chi connectivity index (χ0v) is 12.8. The van der Waals surface area contributed by atoms with Gasteiger partial charge in [0.2, 0.25) is 0 Å². The third kappa shape index (κ3) is 2.64. The van der Waals surface area contributed by atoms with Gasteiger partial charge < -0.3 is 9.88 Å². The van der Waals surface area contributed by atoms with Crippen LogP contribution in [0.15, 0.2) is 48.5 Å². The number of rotatable bonds is 4. The molecule has 3 rings (SSSR count). The molecule has 0 fully saturated rings. The van der Waals surface area contributed by atoms with E-state index >= 15 is 0 Å². The standard InChI is InChI=1S/C18H21N3/c1-4-14-8-7-9-15(12-14)19-13(2)18-20-16-10-5-6-11-17(16)21(18)3/h5-13,19H,4H2,1-3H3. The second kappa shape index (κ2) is 5.60. The average Bonchev–Trinajstić information content (AvgIpc) is 2.85. The first kappa shape index (κ1) is 13.7. The Morgan fingerprint density at radius 1 is 1.14 bits per heavy atom. The van der Waals surface area contributed by atoms with E-state index in [1.807, 2.05) is 6.07 Å². The van der Waals surface area contributed by atoms with Crippen molar-refractivity contribution in [2.75, 3.05) is 5.32 Å². The molecule has 0 saturated heterocycles. The first-order valence-corrected chi connectivity index (χ1v) is 7.46. The van der Waals surface area contributed by atoms with Gasteiger partial charge in [-0.2, -0.15) is 0 Å². The number of nitrogens with zero attached hydrogens (tertiary/aromatic N) is 2. The first-order valence-electron chi connectivity index (χ1n) is 7.46. The van der Waals surface area contributed by atoms with Crippen LogP contribution >= 0.6 is 0 Å². The molecule has 3 heteroatoms. The second-order valence-electron chi connectivity index (χ2n) is 5.44. The Labute approximate surface area is 125 Å². The largest absolute Gasteiger partial charge is 0.375 e. The lowest BCUT2D eigenvalue weighted by Crippen LogP contribution is -2.12. The van der Waals surface area contributed by atoms with E-state index in [4.69, 9.17) is 4.98 Å². The van der Waals surface area contributed by atoms with Crippen LogP contribution in [0, 0.1) is 0 Å². The topological polar surface area (TPSA) is 29.9 Å². The monoisotopic (exact) mass is 279 g/mol. The van der Waals surface area contributed by atoms with Crippen molar-refractivity contribution in [2.24, 2.45) is 7.05 Å². The number of anilines is 1. The summed E-state index contributed by atoms with van der Waals surface area (Å²) in [6.45, 7) is 4.33. The fourth-order valence-corrected chi connectivity index (χ4v) is 2.75. The van der Waals surface area contributed by atoms with Crippen LogP contribution in [-0.2, 0) is 13.5 Å². The lowest BCUT2D eigenvalue weighted by Gasteiger charge is -2.15. The molecule has 1 unspecified atom stereocenters. The van der Waals surface area contributed by atoms with Crippen molar-refractivity contribution in [2.45, 2.75) is 26.3 Å². The minimum absolute atomic E-state index is 0.162. The Balaban J connectivity index is 1.89. The van der Waals surface area contributed by atoms with E-state index in [9.17, 15) is 0 Å². The number of hydrogen-bond acceptors (Lipinski definition) is 2. The van der Waals surface area contributed by atoms with Crippen LogP contribution in [-0.4, -0.2) is 9.55 Å². The molecule has 21 heavy (non-hydrogen) atoms. The summed E-state index contributed by atoms with van der Waals surface area (Å²) in [5.41, 5.74) is 4.71. The van der Waals surface area contributed by atoms with Gasteiger partial charge >= 0.3 is 0 Å². The van der Waals surface area contributed by atoms with E-state index in [2.05, 4.69) is 73.2 Å². The summed E-state index contributed by atoms with van der Waals surface area (Å²) in [7, 11) is 2.07. The van der Waals surface area contributed by atoms with Gasteiger partial charge in [0.15, 0.2) is 0 Å². The van der Waals surface area contributed by atoms with Gasteiger partial charge in [-0.25, -0.2) is 4.98 Å². The summed E-state index contributed by atoms with van der Waals surface area (Å²) in [5, 5.41) is 3.55. The van der Waals surface area contributed by atoms with Gasteiger partial charge in [-0.05, 0) is 43.2 Å². The number of para-hydroxylation sites is 2. The van der Waals surface area contributed by atoms with Crippen LogP contribution in [0.25, 0.3) is 11.0 Å². The molecule has 0 radical (unpaired) electrons. The fraction of sp³-hybridized carbons (Fsp3) is 0.278. The molecule has 0 aliphatic carbocycles. The predicted octanol–water partition coefficient (Wildman–Crippen LogP) is 4.31. The van der Waals surface area contributed by atoms with Crippen LogP contribution in [0.3, 0.4) is 0 Å². The number of hydrogen-bond donors (Lipinski definition) is 1. The number of benzene rings is 2. The summed E-state index contributed by atoms with van der Waals surface area (Å²) < 4.78 is 2.16. The molecule has 0 bridgehead atoms. The molecule has 0 spiro atoms. The SMILES string of the molecule is CCc1cccc(NC(C)c2nc3ccccc3n2C)c1. The molecule has 2 aromatic carbocycles. The minimum atomic E-state index is 0.162. The van der Waals surface area contributed by atoms with Crippen molar-refractivity contribution >= 4 is 16.7 Å². The summed E-state index contributed by atoms with van der Waals surface area (Å²) in [6.07, 6.45) is 1.05. The highest BCUT2D eigenvalue weighted by Crippen LogP contribution is 2.23. The molecule has 0 amide bonds. The molecule has 3 nitrogen and oxygen atoms in total. The lowest BCUT2D eigenvalue weighted by atomic mass is 10.1. The van der Waals surface area contributed by atoms with Gasteiger partial charge in [0.25, 0.3) is 0 Å². The Morgan fingerprint density at radius 2 is 1.95 bits per heavy atom. The number of aromatic nitrogens is 2. The lowest BCUT2D eigenvalue weighted by molar-refractivity contribution is 0.733. The summed E-state index contributed by atoms with van der Waals surface area (Å²) in [5.74, 6) is 1.05. The quantitative estimate of drug-likeness (QED) is 0.771. The second-order valence-corrected chi connectivity index (χ2v) is 5.44. The summed E-state index contributed by atoms with van der Waals surface area (Å²) >= 11 is 0. The highest BCUT2D eigenvalue weighted by atomic mass is 15.1. The van der Waals surface area contributed by atoms with Crippen LogP contribution < -0.4 is 5.32 Å². The normalized spacial score (nSPS) is 12.5. The molecule has 1 aromatic heterocycles. The van der Waals surface area contributed by atoms with Crippen molar-refractivity contribution in [1.29, 1.82) is 0 Å². The van der Waals surface area contributed by atoms with Crippen molar-refractivity contribution in [3.8, 4) is 0 Å². The zero-order chi connectivity index (χ0) is 14.8. The van der Waals surface area contributed by atoms with E-state index in [-0.39, 0.29) is 6.04 Å². The number of fused-ring (bicyclic) bond motifs is 1. The van der Waals surface area contributed by atoms with Crippen LogP contribution in [0.5, 0.6) is 0 Å². The van der Waals surface area contributed by atoms with Gasteiger partial charge in [0.05, 0.1) is 17.1 Å². The number of imidazole rings is 1. The molecule has 0 saturated carbocycles. The molecule has 0 aliphatic rings. The molecule has 1 N–H and O–H groups in total. The fourth-order valence-electron chi connectivity index (χ4n) is 2.75. The van der Waals surface area contributed by atoms with Crippen LogP contribution in [0.1, 0.15) is 31.3 Å². The van der Waals surface area contributed by atoms with Gasteiger partial charge in [-0.3, -0.25) is 0 Å². The number of nitrogens with one attached hydrogen (secondary N) is 1. The van der Waals surface area contributed by atoms with Gasteiger partial charge in [0, 0.05) is 12.7 Å². The number of aryl methyl sites for hydroxylation is 2. The van der Waals surface area contributed by atoms with E-state index in [1.165, 1.54) is 11.1 Å². The van der Waals surface area contributed by atoms with Crippen LogP contribution in [0.4, 0.5) is 5.69 Å². The molecular weight excluding hydrogens is 258 g/mol. The Kier molecular flexibility index (Phi) is 3.65. The maximum absolute atomic E-state index is 4.75. The average molecular weight is 279 g/mol. The third-order valence-electron chi connectivity index (χ3n) is 3.93. The van der Waals surface area contributed by atoms with E-state index in [0.717, 1.165) is 23.4 Å². The third-order valence-corrected chi connectivity index (χ3v) is 3.93. The first-order chi connectivity index (χ1) is 10.2. The molecule has 1 heterocycles. The molecule has 0 aliphatic heterocycles. The summed E-state index contributed by atoms with van der Waals surface area (Å²) in [6, 6.07) is 17.0. The maximum atomic E-state index is 4.75. The summed E-state index contributed by atoms with van der Waals surface area (Å²) in [4.78, 5) is 4.75. The highest BCUT2D eigenvalue weighted by Gasteiger charge is 2.14. The van der Waals surface area contributed by atoms with Crippen LogP contribution in [0.2, 0.25) is 0 Å². The molecule has 1 atom stereocenters. The molecule has 108 valence electrons. The maximum Gasteiger partial charge on any atom is 0.131 e. The van der Waals surface area contributed by atoms with Crippen molar-refractivity contribution in [3.05, 3.63) is 59.9 Å².